The minimum absolute atomic E-state index is 0.0845. The van der Waals surface area contributed by atoms with E-state index in [1.807, 2.05) is 26.1 Å². The number of hydrogen-bond donors (Lipinski definition) is 3. The van der Waals surface area contributed by atoms with E-state index in [1.54, 1.807) is 4.68 Å². The number of fused-ring (bicyclic) bond motifs is 1. The molecule has 7 heteroatoms. The lowest BCUT2D eigenvalue weighted by Crippen LogP contribution is -2.20. The Morgan fingerprint density at radius 1 is 1.38 bits per heavy atom. The summed E-state index contributed by atoms with van der Waals surface area (Å²) in [4.78, 5) is 19.3. The lowest BCUT2D eigenvalue weighted by molar-refractivity contribution is -0.118. The molecule has 3 heterocycles. The van der Waals surface area contributed by atoms with E-state index in [4.69, 9.17) is 10.7 Å². The molecule has 0 radical (unpaired) electrons. The number of nitrogens with two attached hydrogens (primary N) is 1. The molecule has 7 nitrogen and oxygen atoms in total. The number of anilines is 1. The van der Waals surface area contributed by atoms with Crippen molar-refractivity contribution in [3.8, 4) is 11.1 Å². The molecule has 3 aromatic heterocycles. The number of carbonyl (C=O) groups is 1. The molecule has 136 valence electrons. The standard InChI is InChI=1S/C19H24N6O/c1-11-18(12(2)25(24-11)10-16(20)26)15-9-17(22-13-5-3-4-6-13)23-19-14(15)7-8-21-19/h7-9,13H,3-6,10H2,1-2H3,(H2,20,26)(H2,21,22,23). The van der Waals surface area contributed by atoms with Crippen LogP contribution in [0.1, 0.15) is 37.1 Å². The Balaban J connectivity index is 1.81. The highest BCUT2D eigenvalue weighted by atomic mass is 16.1. The first-order chi connectivity index (χ1) is 12.5. The fourth-order valence-electron chi connectivity index (χ4n) is 3.99. The molecular weight excluding hydrogens is 328 g/mol. The van der Waals surface area contributed by atoms with Crippen molar-refractivity contribution < 1.29 is 4.79 Å². The predicted molar refractivity (Wildman–Crippen MR) is 102 cm³/mol. The van der Waals surface area contributed by atoms with Gasteiger partial charge in [-0.1, -0.05) is 12.8 Å². The topological polar surface area (TPSA) is 102 Å². The van der Waals surface area contributed by atoms with Crippen molar-refractivity contribution in [3.63, 3.8) is 0 Å². The van der Waals surface area contributed by atoms with Gasteiger partial charge in [-0.2, -0.15) is 5.10 Å². The molecular formula is C19H24N6O. The summed E-state index contributed by atoms with van der Waals surface area (Å²) in [7, 11) is 0. The molecule has 0 aliphatic heterocycles. The molecule has 0 unspecified atom stereocenters. The Morgan fingerprint density at radius 3 is 2.88 bits per heavy atom. The van der Waals surface area contributed by atoms with E-state index in [1.165, 1.54) is 25.7 Å². The molecule has 3 aromatic rings. The number of aromatic nitrogens is 4. The number of rotatable bonds is 5. The summed E-state index contributed by atoms with van der Waals surface area (Å²) in [5.74, 6) is 0.482. The zero-order valence-corrected chi connectivity index (χ0v) is 15.2. The van der Waals surface area contributed by atoms with E-state index >= 15 is 0 Å². The highest BCUT2D eigenvalue weighted by Crippen LogP contribution is 2.35. The number of pyridine rings is 1. The molecule has 1 aliphatic rings. The SMILES string of the molecule is Cc1nn(CC(N)=O)c(C)c1-c1cc(NC2CCCC2)nc2[nH]ccc12. The zero-order chi connectivity index (χ0) is 18.3. The maximum Gasteiger partial charge on any atom is 0.239 e. The van der Waals surface area contributed by atoms with Crippen LogP contribution < -0.4 is 11.1 Å². The van der Waals surface area contributed by atoms with Gasteiger partial charge in [0, 0.05) is 28.9 Å². The van der Waals surface area contributed by atoms with Crippen LogP contribution in [-0.2, 0) is 11.3 Å². The van der Waals surface area contributed by atoms with Crippen molar-refractivity contribution in [2.75, 3.05) is 5.32 Å². The molecule has 1 fully saturated rings. The van der Waals surface area contributed by atoms with Gasteiger partial charge < -0.3 is 16.0 Å². The summed E-state index contributed by atoms with van der Waals surface area (Å²) >= 11 is 0. The number of H-pyrrole nitrogens is 1. The van der Waals surface area contributed by atoms with Gasteiger partial charge in [0.15, 0.2) is 0 Å². The minimum atomic E-state index is -0.396. The van der Waals surface area contributed by atoms with Gasteiger partial charge in [-0.15, -0.1) is 0 Å². The normalized spacial score (nSPS) is 15.0. The van der Waals surface area contributed by atoms with Crippen LogP contribution in [-0.4, -0.2) is 31.7 Å². The quantitative estimate of drug-likeness (QED) is 0.657. The Bertz CT molecular complexity index is 964. The number of aryl methyl sites for hydroxylation is 1. The van der Waals surface area contributed by atoms with Crippen LogP contribution in [0.4, 0.5) is 5.82 Å². The molecule has 1 amide bonds. The van der Waals surface area contributed by atoms with Crippen LogP contribution in [0.2, 0.25) is 0 Å². The molecule has 1 aliphatic carbocycles. The first kappa shape index (κ1) is 16.6. The number of aromatic amines is 1. The average molecular weight is 352 g/mol. The van der Waals surface area contributed by atoms with E-state index in [0.29, 0.717) is 6.04 Å². The lowest BCUT2D eigenvalue weighted by Gasteiger charge is -2.14. The molecule has 4 N–H and O–H groups in total. The fourth-order valence-corrected chi connectivity index (χ4v) is 3.99. The molecule has 1 saturated carbocycles. The molecule has 0 aromatic carbocycles. The number of nitrogens with zero attached hydrogens (tertiary/aromatic N) is 3. The Morgan fingerprint density at radius 2 is 2.15 bits per heavy atom. The van der Waals surface area contributed by atoms with Gasteiger partial charge in [0.25, 0.3) is 0 Å². The first-order valence-corrected chi connectivity index (χ1v) is 9.10. The van der Waals surface area contributed by atoms with Gasteiger partial charge >= 0.3 is 0 Å². The van der Waals surface area contributed by atoms with E-state index in [9.17, 15) is 4.79 Å². The van der Waals surface area contributed by atoms with Gasteiger partial charge in [0.1, 0.15) is 18.0 Å². The van der Waals surface area contributed by atoms with E-state index < -0.39 is 5.91 Å². The van der Waals surface area contributed by atoms with Crippen LogP contribution >= 0.6 is 0 Å². The van der Waals surface area contributed by atoms with Gasteiger partial charge in [0.05, 0.1) is 5.69 Å². The third-order valence-electron chi connectivity index (χ3n) is 5.19. The number of nitrogens with one attached hydrogen (secondary N) is 2. The van der Waals surface area contributed by atoms with Crippen LogP contribution in [0.3, 0.4) is 0 Å². The van der Waals surface area contributed by atoms with Crippen molar-refractivity contribution >= 4 is 22.8 Å². The second-order valence-electron chi connectivity index (χ2n) is 7.09. The number of amides is 1. The van der Waals surface area contributed by atoms with Crippen molar-refractivity contribution in [1.29, 1.82) is 0 Å². The first-order valence-electron chi connectivity index (χ1n) is 9.10. The number of primary amides is 1. The highest BCUT2D eigenvalue weighted by molar-refractivity contribution is 5.96. The zero-order valence-electron chi connectivity index (χ0n) is 15.2. The predicted octanol–water partition coefficient (Wildman–Crippen LogP) is 2.88. The third kappa shape index (κ3) is 2.94. The maximum absolute atomic E-state index is 11.3. The van der Waals surface area contributed by atoms with Gasteiger partial charge in [-0.05, 0) is 44.4 Å². The van der Waals surface area contributed by atoms with Gasteiger partial charge in [-0.25, -0.2) is 4.98 Å². The van der Waals surface area contributed by atoms with Crippen molar-refractivity contribution in [2.45, 2.75) is 52.1 Å². The summed E-state index contributed by atoms with van der Waals surface area (Å²) in [6.45, 7) is 4.02. The average Bonchev–Trinajstić information content (AvgIpc) is 3.29. The maximum atomic E-state index is 11.3. The Labute approximate surface area is 152 Å². The highest BCUT2D eigenvalue weighted by Gasteiger charge is 2.20. The van der Waals surface area contributed by atoms with Crippen molar-refractivity contribution in [2.24, 2.45) is 5.73 Å². The summed E-state index contributed by atoms with van der Waals surface area (Å²) < 4.78 is 1.68. The number of hydrogen-bond acceptors (Lipinski definition) is 4. The van der Waals surface area contributed by atoms with E-state index in [-0.39, 0.29) is 6.54 Å². The van der Waals surface area contributed by atoms with Crippen LogP contribution in [0.5, 0.6) is 0 Å². The summed E-state index contributed by atoms with van der Waals surface area (Å²) in [6, 6.07) is 4.61. The number of carbonyl (C=O) groups excluding carboxylic acids is 1. The fraction of sp³-hybridized carbons (Fsp3) is 0.421. The Kier molecular flexibility index (Phi) is 4.14. The van der Waals surface area contributed by atoms with Crippen LogP contribution in [0, 0.1) is 13.8 Å². The van der Waals surface area contributed by atoms with Crippen molar-refractivity contribution in [1.82, 2.24) is 19.7 Å². The van der Waals surface area contributed by atoms with Gasteiger partial charge in [0.2, 0.25) is 5.91 Å². The molecule has 0 bridgehead atoms. The molecule has 26 heavy (non-hydrogen) atoms. The molecule has 0 atom stereocenters. The van der Waals surface area contributed by atoms with Crippen LogP contribution in [0.15, 0.2) is 18.3 Å². The molecule has 4 rings (SSSR count). The summed E-state index contributed by atoms with van der Waals surface area (Å²) in [6.07, 6.45) is 6.82. The van der Waals surface area contributed by atoms with Crippen molar-refractivity contribution in [3.05, 3.63) is 29.7 Å². The molecule has 0 spiro atoms. The summed E-state index contributed by atoms with van der Waals surface area (Å²) in [5, 5.41) is 9.14. The van der Waals surface area contributed by atoms with Gasteiger partial charge in [-0.3, -0.25) is 9.48 Å². The van der Waals surface area contributed by atoms with Crippen LogP contribution in [0.25, 0.3) is 22.2 Å². The Hall–Kier alpha value is -2.83. The molecule has 0 saturated heterocycles. The largest absolute Gasteiger partial charge is 0.368 e. The lowest BCUT2D eigenvalue weighted by atomic mass is 10.0. The smallest absolute Gasteiger partial charge is 0.239 e. The summed E-state index contributed by atoms with van der Waals surface area (Å²) in [5.41, 5.74) is 10.1. The minimum Gasteiger partial charge on any atom is -0.368 e. The second kappa shape index (κ2) is 6.48. The van der Waals surface area contributed by atoms with E-state index in [2.05, 4.69) is 21.5 Å². The third-order valence-corrected chi connectivity index (χ3v) is 5.19. The second-order valence-corrected chi connectivity index (χ2v) is 7.09. The monoisotopic (exact) mass is 352 g/mol. The van der Waals surface area contributed by atoms with E-state index in [0.717, 1.165) is 39.4 Å².